The van der Waals surface area contributed by atoms with E-state index in [2.05, 4.69) is 21.9 Å². The number of fused-ring (bicyclic) bond motifs is 1. The van der Waals surface area contributed by atoms with Gasteiger partial charge in [0.05, 0.1) is 18.0 Å². The van der Waals surface area contributed by atoms with E-state index in [1.54, 1.807) is 13.8 Å². The van der Waals surface area contributed by atoms with Crippen molar-refractivity contribution in [2.45, 2.75) is 19.9 Å². The number of halogens is 1. The van der Waals surface area contributed by atoms with Crippen molar-refractivity contribution < 1.29 is 9.53 Å². The molecule has 19 heavy (non-hydrogen) atoms. The predicted molar refractivity (Wildman–Crippen MR) is 76.5 cm³/mol. The number of nitrogens with one attached hydrogen (secondary N) is 1. The molecule has 2 heterocycles. The summed E-state index contributed by atoms with van der Waals surface area (Å²) in [5.74, 6) is 0.607. The van der Waals surface area contributed by atoms with Crippen molar-refractivity contribution >= 4 is 46.4 Å². The summed E-state index contributed by atoms with van der Waals surface area (Å²) in [5.41, 5.74) is 0.506. The third-order valence-electron chi connectivity index (χ3n) is 2.45. The minimum Gasteiger partial charge on any atom is -0.415 e. The number of carbonyl (C=O) groups excluding carboxylic acids is 1. The molecule has 1 aliphatic rings. The largest absolute Gasteiger partial charge is 0.421 e. The fraction of sp³-hybridized carbons (Fsp3) is 0.273. The summed E-state index contributed by atoms with van der Waals surface area (Å²) in [4.78, 5) is 21.8. The molecular weight excluding hydrogens is 288 g/mol. The Hall–Kier alpha value is -1.73. The fourth-order valence-corrected chi connectivity index (χ4v) is 1.95. The van der Waals surface area contributed by atoms with Crippen molar-refractivity contribution in [3.05, 3.63) is 23.8 Å². The minimum atomic E-state index is -0.611. The number of nitrogens with zero attached hydrogens (tertiary/aromatic N) is 3. The number of anilines is 2. The molecule has 0 fully saturated rings. The molecule has 1 aromatic heterocycles. The lowest BCUT2D eigenvalue weighted by Crippen LogP contribution is -2.49. The van der Waals surface area contributed by atoms with Crippen LogP contribution in [0.5, 0.6) is 0 Å². The first-order valence-corrected chi connectivity index (χ1v) is 6.18. The van der Waals surface area contributed by atoms with E-state index in [0.717, 1.165) is 0 Å². The molecule has 1 unspecified atom stereocenters. The topological polar surface area (TPSA) is 67.3 Å². The highest BCUT2D eigenvalue weighted by molar-refractivity contribution is 7.80. The number of hydrogen-bond acceptors (Lipinski definition) is 5. The number of thiocarbonyl (C=S) groups is 1. The quantitative estimate of drug-likeness (QED) is 0.488. The van der Waals surface area contributed by atoms with E-state index in [-0.39, 0.29) is 11.0 Å². The van der Waals surface area contributed by atoms with Crippen LogP contribution in [0.25, 0.3) is 0 Å². The van der Waals surface area contributed by atoms with E-state index in [1.165, 1.54) is 11.1 Å². The number of aromatic nitrogens is 2. The Balaban J connectivity index is 2.46. The third-order valence-corrected chi connectivity index (χ3v) is 3.08. The van der Waals surface area contributed by atoms with Crippen LogP contribution in [-0.4, -0.2) is 27.1 Å². The molecule has 0 spiro atoms. The molecule has 0 aromatic carbocycles. The standard InChI is InChI=1S/C11H11ClN4O2S/c1-5(2)18-11(17)16-6(3)9(19)14-7-4-13-10(12)15-8(7)16/h4,6H,1H2,2-3H3,(H,14,19). The van der Waals surface area contributed by atoms with Gasteiger partial charge < -0.3 is 10.1 Å². The molecule has 1 aromatic rings. The Kier molecular flexibility index (Phi) is 3.68. The highest BCUT2D eigenvalue weighted by Crippen LogP contribution is 2.31. The first-order chi connectivity index (χ1) is 8.90. The second-order valence-corrected chi connectivity index (χ2v) is 4.76. The Morgan fingerprint density at radius 2 is 2.37 bits per heavy atom. The zero-order valence-electron chi connectivity index (χ0n) is 10.3. The molecule has 1 N–H and O–H groups in total. The second kappa shape index (κ2) is 5.10. The van der Waals surface area contributed by atoms with Gasteiger partial charge >= 0.3 is 6.09 Å². The van der Waals surface area contributed by atoms with Crippen LogP contribution >= 0.6 is 23.8 Å². The zero-order chi connectivity index (χ0) is 14.2. The predicted octanol–water partition coefficient (Wildman–Crippen LogP) is 2.75. The maximum atomic E-state index is 12.1. The SMILES string of the molecule is C=C(C)OC(=O)N1c2nc(Cl)ncc2NC(=S)C1C. The van der Waals surface area contributed by atoms with Crippen LogP contribution in [0.15, 0.2) is 18.5 Å². The molecule has 1 atom stereocenters. The number of amides is 1. The summed E-state index contributed by atoms with van der Waals surface area (Å²) in [5, 5.41) is 2.99. The maximum Gasteiger partial charge on any atom is 0.421 e. The lowest BCUT2D eigenvalue weighted by Gasteiger charge is -2.33. The van der Waals surface area contributed by atoms with Crippen molar-refractivity contribution in [3.63, 3.8) is 0 Å². The van der Waals surface area contributed by atoms with Gasteiger partial charge in [0.2, 0.25) is 5.28 Å². The van der Waals surface area contributed by atoms with E-state index < -0.39 is 12.1 Å². The Labute approximate surface area is 120 Å². The lowest BCUT2D eigenvalue weighted by molar-refractivity contribution is 0.183. The molecule has 0 bridgehead atoms. The van der Waals surface area contributed by atoms with Crippen molar-refractivity contribution in [2.75, 3.05) is 10.2 Å². The van der Waals surface area contributed by atoms with Crippen molar-refractivity contribution in [2.24, 2.45) is 0 Å². The van der Waals surface area contributed by atoms with Crippen LogP contribution in [0.2, 0.25) is 5.28 Å². The van der Waals surface area contributed by atoms with E-state index in [4.69, 9.17) is 28.6 Å². The van der Waals surface area contributed by atoms with Crippen LogP contribution in [0, 0.1) is 0 Å². The molecular formula is C11H11ClN4O2S. The number of ether oxygens (including phenoxy) is 1. The van der Waals surface area contributed by atoms with Gasteiger partial charge in [-0.1, -0.05) is 18.8 Å². The first-order valence-electron chi connectivity index (χ1n) is 5.40. The van der Waals surface area contributed by atoms with Crippen molar-refractivity contribution in [3.8, 4) is 0 Å². The number of rotatable bonds is 1. The van der Waals surface area contributed by atoms with Crippen molar-refractivity contribution in [1.29, 1.82) is 0 Å². The molecule has 1 amide bonds. The van der Waals surface area contributed by atoms with Gasteiger partial charge in [0.1, 0.15) is 10.7 Å². The monoisotopic (exact) mass is 298 g/mol. The Bertz CT molecular complexity index is 578. The van der Waals surface area contributed by atoms with Gasteiger partial charge in [-0.3, -0.25) is 0 Å². The van der Waals surface area contributed by atoms with Gasteiger partial charge in [-0.15, -0.1) is 0 Å². The van der Waals surface area contributed by atoms with Crippen LogP contribution < -0.4 is 10.2 Å². The summed E-state index contributed by atoms with van der Waals surface area (Å²) in [6, 6.07) is -0.402. The summed E-state index contributed by atoms with van der Waals surface area (Å²) >= 11 is 10.9. The summed E-state index contributed by atoms with van der Waals surface area (Å²) in [7, 11) is 0. The average Bonchev–Trinajstić information content (AvgIpc) is 2.30. The molecule has 2 rings (SSSR count). The van der Waals surface area contributed by atoms with Gasteiger partial charge in [-0.05, 0) is 25.4 Å². The van der Waals surface area contributed by atoms with E-state index >= 15 is 0 Å². The molecule has 0 radical (unpaired) electrons. The van der Waals surface area contributed by atoms with Gasteiger partial charge in [0.15, 0.2) is 5.82 Å². The van der Waals surface area contributed by atoms with Crippen molar-refractivity contribution in [1.82, 2.24) is 9.97 Å². The summed E-state index contributed by atoms with van der Waals surface area (Å²) < 4.78 is 5.01. The first kappa shape index (κ1) is 13.7. The van der Waals surface area contributed by atoms with Crippen LogP contribution in [0.1, 0.15) is 13.8 Å². The van der Waals surface area contributed by atoms with E-state index in [9.17, 15) is 4.79 Å². The maximum absolute atomic E-state index is 12.1. The van der Waals surface area contributed by atoms with Gasteiger partial charge in [0.25, 0.3) is 0 Å². The van der Waals surface area contributed by atoms with Gasteiger partial charge in [-0.25, -0.2) is 14.7 Å². The Morgan fingerprint density at radius 3 is 3.00 bits per heavy atom. The summed E-state index contributed by atoms with van der Waals surface area (Å²) in [6.45, 7) is 6.87. The van der Waals surface area contributed by atoms with E-state index in [0.29, 0.717) is 16.5 Å². The smallest absolute Gasteiger partial charge is 0.415 e. The highest BCUT2D eigenvalue weighted by Gasteiger charge is 2.34. The van der Waals surface area contributed by atoms with Crippen LogP contribution in [0.3, 0.4) is 0 Å². The minimum absolute atomic E-state index is 0.0358. The lowest BCUT2D eigenvalue weighted by atomic mass is 10.2. The molecule has 8 heteroatoms. The van der Waals surface area contributed by atoms with Crippen LogP contribution in [0.4, 0.5) is 16.3 Å². The second-order valence-electron chi connectivity index (χ2n) is 3.98. The van der Waals surface area contributed by atoms with E-state index in [1.807, 2.05) is 0 Å². The Morgan fingerprint density at radius 1 is 1.68 bits per heavy atom. The third kappa shape index (κ3) is 2.66. The molecule has 6 nitrogen and oxygen atoms in total. The molecule has 100 valence electrons. The highest BCUT2D eigenvalue weighted by atomic mass is 35.5. The molecule has 0 saturated carbocycles. The fourth-order valence-electron chi connectivity index (χ4n) is 1.60. The normalized spacial score (nSPS) is 17.5. The molecule has 0 saturated heterocycles. The van der Waals surface area contributed by atoms with Gasteiger partial charge in [-0.2, -0.15) is 4.98 Å². The molecule has 0 aliphatic carbocycles. The number of carbonyl (C=O) groups is 1. The van der Waals surface area contributed by atoms with Crippen LogP contribution in [-0.2, 0) is 4.74 Å². The number of allylic oxidation sites excluding steroid dienone is 1. The number of hydrogen-bond donors (Lipinski definition) is 1. The molecule has 1 aliphatic heterocycles. The van der Waals surface area contributed by atoms with Gasteiger partial charge in [0, 0.05) is 0 Å². The average molecular weight is 299 g/mol. The zero-order valence-corrected chi connectivity index (χ0v) is 11.9. The summed E-state index contributed by atoms with van der Waals surface area (Å²) in [6.07, 6.45) is 0.851.